The molecule has 1 unspecified atom stereocenters. The molecule has 0 bridgehead atoms. The van der Waals surface area contributed by atoms with Gasteiger partial charge in [-0.2, -0.15) is 0 Å². The zero-order valence-corrected chi connectivity index (χ0v) is 15.2. The first-order chi connectivity index (χ1) is 11.8. The first kappa shape index (κ1) is 17.5. The van der Waals surface area contributed by atoms with E-state index < -0.39 is 6.04 Å². The van der Waals surface area contributed by atoms with Gasteiger partial charge >= 0.3 is 0 Å². The number of amides is 2. The van der Waals surface area contributed by atoms with Gasteiger partial charge in [0.1, 0.15) is 6.04 Å². The van der Waals surface area contributed by atoms with Crippen molar-refractivity contribution in [1.82, 2.24) is 15.3 Å². The molecule has 2 amide bonds. The molecule has 0 spiro atoms. The normalized spacial score (nSPS) is 20.6. The van der Waals surface area contributed by atoms with Crippen molar-refractivity contribution < 1.29 is 9.59 Å². The van der Waals surface area contributed by atoms with Crippen molar-refractivity contribution in [2.24, 2.45) is 10.4 Å². The van der Waals surface area contributed by atoms with E-state index in [4.69, 9.17) is 11.6 Å². The fourth-order valence-electron chi connectivity index (χ4n) is 2.81. The Kier molecular flexibility index (Phi) is 4.60. The van der Waals surface area contributed by atoms with Crippen molar-refractivity contribution in [3.05, 3.63) is 29.2 Å². The third-order valence-corrected chi connectivity index (χ3v) is 4.31. The topological polar surface area (TPSA) is 87.5 Å². The lowest BCUT2D eigenvalue weighted by Crippen LogP contribution is -2.45. The van der Waals surface area contributed by atoms with Crippen LogP contribution < -0.4 is 10.2 Å². The summed E-state index contributed by atoms with van der Waals surface area (Å²) in [4.78, 5) is 38.8. The second-order valence-corrected chi connectivity index (χ2v) is 7.57. The third-order valence-electron chi connectivity index (χ3n) is 4.12. The predicted octanol–water partition coefficient (Wildman–Crippen LogP) is 2.13. The van der Waals surface area contributed by atoms with Crippen LogP contribution in [-0.4, -0.2) is 40.1 Å². The molecule has 132 valence electrons. The van der Waals surface area contributed by atoms with Crippen LogP contribution in [0.15, 0.2) is 29.2 Å². The van der Waals surface area contributed by atoms with E-state index >= 15 is 0 Å². The standard InChI is InChI=1S/C17H20ClN5O2/c1-17(2,3)13-6-11(9-19-13)22-15(25)12-4-5-14(24)23(12)16-20-7-10(18)8-21-16/h6-8,12H,4-5,9H2,1-3H3,(H,22,25). The van der Waals surface area contributed by atoms with E-state index in [1.165, 1.54) is 17.3 Å². The van der Waals surface area contributed by atoms with Gasteiger partial charge in [-0.3, -0.25) is 19.5 Å². The first-order valence-corrected chi connectivity index (χ1v) is 8.49. The van der Waals surface area contributed by atoms with Crippen LogP contribution in [0.2, 0.25) is 5.02 Å². The van der Waals surface area contributed by atoms with Crippen LogP contribution in [0, 0.1) is 5.41 Å². The molecule has 1 aromatic rings. The molecule has 2 aliphatic rings. The average Bonchev–Trinajstić information content (AvgIpc) is 3.15. The number of nitrogens with one attached hydrogen (secondary N) is 1. The zero-order valence-electron chi connectivity index (χ0n) is 14.4. The number of aliphatic imine (C=N–C) groups is 1. The van der Waals surface area contributed by atoms with Crippen molar-refractivity contribution >= 4 is 35.1 Å². The lowest BCUT2D eigenvalue weighted by Gasteiger charge is -2.22. The fraction of sp³-hybridized carbons (Fsp3) is 0.471. The minimum absolute atomic E-state index is 0.0705. The molecule has 0 aromatic carbocycles. The third kappa shape index (κ3) is 3.71. The van der Waals surface area contributed by atoms with Gasteiger partial charge in [-0.05, 0) is 12.5 Å². The predicted molar refractivity (Wildman–Crippen MR) is 95.5 cm³/mol. The van der Waals surface area contributed by atoms with Gasteiger partial charge in [0.2, 0.25) is 17.8 Å². The molecule has 3 heterocycles. The van der Waals surface area contributed by atoms with Gasteiger partial charge in [0.05, 0.1) is 24.0 Å². The summed E-state index contributed by atoms with van der Waals surface area (Å²) in [5.74, 6) is -0.227. The Morgan fingerprint density at radius 3 is 2.60 bits per heavy atom. The van der Waals surface area contributed by atoms with Gasteiger partial charge in [-0.25, -0.2) is 9.97 Å². The van der Waals surface area contributed by atoms with Gasteiger partial charge in [0.15, 0.2) is 0 Å². The fourth-order valence-corrected chi connectivity index (χ4v) is 2.91. The van der Waals surface area contributed by atoms with Crippen molar-refractivity contribution in [2.75, 3.05) is 11.4 Å². The molecular weight excluding hydrogens is 342 g/mol. The maximum absolute atomic E-state index is 12.7. The van der Waals surface area contributed by atoms with E-state index in [0.29, 0.717) is 18.0 Å². The van der Waals surface area contributed by atoms with Gasteiger partial charge in [-0.15, -0.1) is 0 Å². The Labute approximate surface area is 151 Å². The number of nitrogens with zero attached hydrogens (tertiary/aromatic N) is 4. The molecule has 1 fully saturated rings. The summed E-state index contributed by atoms with van der Waals surface area (Å²) in [6, 6.07) is -0.631. The molecule has 0 aliphatic carbocycles. The van der Waals surface area contributed by atoms with E-state index in [0.717, 1.165) is 11.4 Å². The number of anilines is 1. The molecular formula is C17H20ClN5O2. The monoisotopic (exact) mass is 361 g/mol. The van der Waals surface area contributed by atoms with Crippen LogP contribution in [-0.2, 0) is 9.59 Å². The minimum atomic E-state index is -0.631. The maximum Gasteiger partial charge on any atom is 0.247 e. The van der Waals surface area contributed by atoms with Crippen molar-refractivity contribution in [3.8, 4) is 0 Å². The average molecular weight is 362 g/mol. The number of aromatic nitrogens is 2. The van der Waals surface area contributed by atoms with Crippen LogP contribution in [0.5, 0.6) is 0 Å². The van der Waals surface area contributed by atoms with E-state index in [-0.39, 0.29) is 29.6 Å². The number of rotatable bonds is 3. The molecule has 25 heavy (non-hydrogen) atoms. The van der Waals surface area contributed by atoms with Crippen LogP contribution in [0.3, 0.4) is 0 Å². The molecule has 0 saturated carbocycles. The van der Waals surface area contributed by atoms with Gasteiger partial charge in [0.25, 0.3) is 0 Å². The Balaban J connectivity index is 1.73. The number of hydrogen-bond acceptors (Lipinski definition) is 5. The highest BCUT2D eigenvalue weighted by atomic mass is 35.5. The highest BCUT2D eigenvalue weighted by Crippen LogP contribution is 2.25. The Bertz CT molecular complexity index is 764. The number of carbonyl (C=O) groups is 2. The summed E-state index contributed by atoms with van der Waals surface area (Å²) in [5.41, 5.74) is 1.62. The Hall–Kier alpha value is -2.28. The van der Waals surface area contributed by atoms with Crippen molar-refractivity contribution in [2.45, 2.75) is 39.7 Å². The van der Waals surface area contributed by atoms with Crippen LogP contribution >= 0.6 is 11.6 Å². The Morgan fingerprint density at radius 2 is 2.00 bits per heavy atom. The van der Waals surface area contributed by atoms with E-state index in [1.54, 1.807) is 0 Å². The van der Waals surface area contributed by atoms with Crippen LogP contribution in [0.4, 0.5) is 5.95 Å². The molecule has 1 N–H and O–H groups in total. The van der Waals surface area contributed by atoms with E-state index in [2.05, 4.69) is 41.0 Å². The second kappa shape index (κ2) is 6.55. The van der Waals surface area contributed by atoms with E-state index in [9.17, 15) is 9.59 Å². The largest absolute Gasteiger partial charge is 0.326 e. The number of carbonyl (C=O) groups excluding carboxylic acids is 2. The van der Waals surface area contributed by atoms with Crippen molar-refractivity contribution in [1.29, 1.82) is 0 Å². The second-order valence-electron chi connectivity index (χ2n) is 7.13. The van der Waals surface area contributed by atoms with E-state index in [1.807, 2.05) is 6.08 Å². The SMILES string of the molecule is CC(C)(C)C1=NCC(NC(=O)C2CCC(=O)N2c2ncc(Cl)cn2)=C1. The smallest absolute Gasteiger partial charge is 0.247 e. The summed E-state index contributed by atoms with van der Waals surface area (Å²) in [5, 5.41) is 3.26. The molecule has 0 radical (unpaired) electrons. The number of halogens is 1. The molecule has 3 rings (SSSR count). The summed E-state index contributed by atoms with van der Waals surface area (Å²) in [7, 11) is 0. The highest BCUT2D eigenvalue weighted by molar-refractivity contribution is 6.30. The van der Waals surface area contributed by atoms with Crippen LogP contribution in [0.1, 0.15) is 33.6 Å². The molecule has 8 heteroatoms. The Morgan fingerprint density at radius 1 is 1.32 bits per heavy atom. The summed E-state index contributed by atoms with van der Waals surface area (Å²) < 4.78 is 0. The number of hydrogen-bond donors (Lipinski definition) is 1. The molecule has 2 aliphatic heterocycles. The molecule has 1 saturated heterocycles. The highest BCUT2D eigenvalue weighted by Gasteiger charge is 2.39. The summed E-state index contributed by atoms with van der Waals surface area (Å²) in [6.07, 6.45) is 5.43. The molecule has 7 nitrogen and oxygen atoms in total. The number of allylic oxidation sites excluding steroid dienone is 1. The van der Waals surface area contributed by atoms with Crippen LogP contribution in [0.25, 0.3) is 0 Å². The first-order valence-electron chi connectivity index (χ1n) is 8.11. The zero-order chi connectivity index (χ0) is 18.2. The summed E-state index contributed by atoms with van der Waals surface area (Å²) in [6.45, 7) is 6.66. The summed E-state index contributed by atoms with van der Waals surface area (Å²) >= 11 is 5.79. The molecule has 1 aromatic heterocycles. The lowest BCUT2D eigenvalue weighted by molar-refractivity contribution is -0.123. The van der Waals surface area contributed by atoms with Crippen molar-refractivity contribution in [3.63, 3.8) is 0 Å². The minimum Gasteiger partial charge on any atom is -0.326 e. The quantitative estimate of drug-likeness (QED) is 0.893. The maximum atomic E-state index is 12.7. The lowest BCUT2D eigenvalue weighted by atomic mass is 9.90. The van der Waals surface area contributed by atoms with Gasteiger partial charge < -0.3 is 5.32 Å². The van der Waals surface area contributed by atoms with Gasteiger partial charge in [0, 0.05) is 23.2 Å². The molecule has 1 atom stereocenters. The van der Waals surface area contributed by atoms with Gasteiger partial charge in [-0.1, -0.05) is 32.4 Å².